The first-order valence-electron chi connectivity index (χ1n) is 7.67. The second-order valence-electron chi connectivity index (χ2n) is 5.51. The molecule has 0 unspecified atom stereocenters. The van der Waals surface area contributed by atoms with Gasteiger partial charge in [0.1, 0.15) is 28.6 Å². The smallest absolute Gasteiger partial charge is 0.269 e. The number of pyridine rings is 1. The number of rotatable bonds is 4. The van der Waals surface area contributed by atoms with Crippen LogP contribution in [0.4, 0.5) is 0 Å². The van der Waals surface area contributed by atoms with Crippen LogP contribution in [-0.2, 0) is 4.79 Å². The normalized spacial score (nSPS) is 11.2. The fourth-order valence-corrected chi connectivity index (χ4v) is 2.30. The molecule has 0 atom stereocenters. The Hall–Kier alpha value is -3.92. The van der Waals surface area contributed by atoms with Crippen molar-refractivity contribution < 1.29 is 9.53 Å². The number of aryl methyl sites for hydroxylation is 1. The first-order valence-corrected chi connectivity index (χ1v) is 7.67. The maximum Gasteiger partial charge on any atom is 0.269 e. The zero-order valence-corrected chi connectivity index (χ0v) is 13.8. The van der Waals surface area contributed by atoms with Gasteiger partial charge in [-0.1, -0.05) is 23.8 Å². The van der Waals surface area contributed by atoms with Crippen molar-refractivity contribution in [2.45, 2.75) is 6.92 Å². The van der Waals surface area contributed by atoms with Gasteiger partial charge in [-0.2, -0.15) is 10.2 Å². The van der Waals surface area contributed by atoms with E-state index in [0.717, 1.165) is 11.6 Å². The third kappa shape index (κ3) is 3.30. The second-order valence-corrected chi connectivity index (χ2v) is 5.51. The zero-order chi connectivity index (χ0) is 18.7. The summed E-state index contributed by atoms with van der Waals surface area (Å²) in [5.41, 5.74) is 5.71. The van der Waals surface area contributed by atoms with E-state index in [4.69, 9.17) is 15.7 Å². The number of hydrogen-bond donors (Lipinski definition) is 1. The Bertz CT molecular complexity index is 1120. The van der Waals surface area contributed by atoms with Gasteiger partial charge in [-0.3, -0.25) is 14.0 Å². The van der Waals surface area contributed by atoms with E-state index in [9.17, 15) is 9.59 Å². The fraction of sp³-hybridized carbons (Fsp3) is 0.0526. The van der Waals surface area contributed by atoms with Crippen molar-refractivity contribution in [3.05, 3.63) is 75.7 Å². The Morgan fingerprint density at radius 2 is 2.00 bits per heavy atom. The predicted octanol–water partition coefficient (Wildman–Crippen LogP) is 2.19. The Labute approximate surface area is 148 Å². The monoisotopic (exact) mass is 346 g/mol. The van der Waals surface area contributed by atoms with Gasteiger partial charge in [-0.15, -0.1) is 0 Å². The Morgan fingerprint density at radius 1 is 1.27 bits per heavy atom. The molecule has 2 aromatic heterocycles. The molecule has 128 valence electrons. The number of carbonyl (C=O) groups is 1. The number of nitrogens with two attached hydrogens (primary N) is 1. The van der Waals surface area contributed by atoms with Crippen LogP contribution in [0.5, 0.6) is 11.6 Å². The first-order chi connectivity index (χ1) is 12.5. The summed E-state index contributed by atoms with van der Waals surface area (Å²) in [5, 5.41) is 9.08. The van der Waals surface area contributed by atoms with Crippen LogP contribution in [0.1, 0.15) is 11.1 Å². The van der Waals surface area contributed by atoms with Gasteiger partial charge in [0.2, 0.25) is 5.88 Å². The van der Waals surface area contributed by atoms with Gasteiger partial charge in [0.15, 0.2) is 0 Å². The molecule has 7 heteroatoms. The molecule has 0 aliphatic heterocycles. The van der Waals surface area contributed by atoms with Crippen LogP contribution in [-0.4, -0.2) is 15.3 Å². The molecule has 1 amide bonds. The molecule has 1 aromatic carbocycles. The predicted molar refractivity (Wildman–Crippen MR) is 95.5 cm³/mol. The number of nitrogens with zero attached hydrogens (tertiary/aromatic N) is 3. The lowest BCUT2D eigenvalue weighted by atomic mass is 10.2. The molecule has 0 spiro atoms. The highest BCUT2D eigenvalue weighted by Crippen LogP contribution is 2.24. The lowest BCUT2D eigenvalue weighted by Gasteiger charge is -2.10. The SMILES string of the molecule is Cc1ccc(Oc2nc3ccccn3c(=O)c2/C=C(\C#N)C(N)=O)cc1. The molecule has 0 saturated carbocycles. The molecule has 0 fully saturated rings. The topological polar surface area (TPSA) is 110 Å². The highest BCUT2D eigenvalue weighted by Gasteiger charge is 2.16. The molecule has 2 N–H and O–H groups in total. The largest absolute Gasteiger partial charge is 0.438 e. The van der Waals surface area contributed by atoms with Crippen LogP contribution in [0.2, 0.25) is 0 Å². The standard InChI is InChI=1S/C19H14N4O3/c1-12-5-7-14(8-6-12)26-18-15(10-13(11-20)17(21)24)19(25)23-9-3-2-4-16(23)22-18/h2-10H,1H3,(H2,21,24)/b13-10+. The molecule has 0 aliphatic carbocycles. The summed E-state index contributed by atoms with van der Waals surface area (Å²) in [6.07, 6.45) is 2.63. The van der Waals surface area contributed by atoms with Crippen LogP contribution < -0.4 is 16.0 Å². The van der Waals surface area contributed by atoms with Crippen molar-refractivity contribution in [3.63, 3.8) is 0 Å². The van der Waals surface area contributed by atoms with Gasteiger partial charge in [-0.05, 0) is 37.3 Å². The van der Waals surface area contributed by atoms with Gasteiger partial charge in [0.05, 0.1) is 0 Å². The fourth-order valence-electron chi connectivity index (χ4n) is 2.30. The van der Waals surface area contributed by atoms with Gasteiger partial charge in [-0.25, -0.2) is 0 Å². The Balaban J connectivity index is 2.24. The Kier molecular flexibility index (Phi) is 4.50. The number of hydrogen-bond acceptors (Lipinski definition) is 5. The van der Waals surface area contributed by atoms with Crippen molar-refractivity contribution in [2.75, 3.05) is 0 Å². The van der Waals surface area contributed by atoms with E-state index in [1.54, 1.807) is 36.4 Å². The van der Waals surface area contributed by atoms with Crippen LogP contribution in [0.25, 0.3) is 11.7 Å². The van der Waals surface area contributed by atoms with E-state index in [1.807, 2.05) is 19.1 Å². The number of fused-ring (bicyclic) bond motifs is 1. The van der Waals surface area contributed by atoms with Gasteiger partial charge < -0.3 is 10.5 Å². The van der Waals surface area contributed by atoms with E-state index in [1.165, 1.54) is 10.6 Å². The van der Waals surface area contributed by atoms with Crippen molar-refractivity contribution in [1.29, 1.82) is 5.26 Å². The van der Waals surface area contributed by atoms with E-state index in [2.05, 4.69) is 4.98 Å². The van der Waals surface area contributed by atoms with Crippen LogP contribution in [0.3, 0.4) is 0 Å². The number of amides is 1. The third-order valence-electron chi connectivity index (χ3n) is 3.64. The number of nitriles is 1. The average Bonchev–Trinajstić information content (AvgIpc) is 2.63. The summed E-state index contributed by atoms with van der Waals surface area (Å²) in [6.45, 7) is 1.94. The second kappa shape index (κ2) is 6.91. The summed E-state index contributed by atoms with van der Waals surface area (Å²) < 4.78 is 7.04. The summed E-state index contributed by atoms with van der Waals surface area (Å²) in [5.74, 6) is -0.486. The van der Waals surface area contributed by atoms with Crippen molar-refractivity contribution in [1.82, 2.24) is 9.38 Å². The van der Waals surface area contributed by atoms with E-state index in [0.29, 0.717) is 11.4 Å². The Morgan fingerprint density at radius 3 is 2.65 bits per heavy atom. The minimum atomic E-state index is -0.939. The van der Waals surface area contributed by atoms with Gasteiger partial charge in [0, 0.05) is 6.20 Å². The quantitative estimate of drug-likeness (QED) is 0.575. The van der Waals surface area contributed by atoms with E-state index < -0.39 is 11.5 Å². The highest BCUT2D eigenvalue weighted by molar-refractivity contribution is 6.00. The van der Waals surface area contributed by atoms with Crippen LogP contribution in [0.15, 0.2) is 59.0 Å². The average molecular weight is 346 g/mol. The maximum atomic E-state index is 12.8. The third-order valence-corrected chi connectivity index (χ3v) is 3.64. The molecule has 0 saturated heterocycles. The minimum absolute atomic E-state index is 0.0148. The molecule has 3 aromatic rings. The number of primary amides is 1. The van der Waals surface area contributed by atoms with Crippen molar-refractivity contribution in [2.24, 2.45) is 5.73 Å². The summed E-state index contributed by atoms with van der Waals surface area (Å²) in [4.78, 5) is 28.5. The number of benzene rings is 1. The zero-order valence-electron chi connectivity index (χ0n) is 13.8. The summed E-state index contributed by atoms with van der Waals surface area (Å²) in [6, 6.07) is 13.9. The molecule has 7 nitrogen and oxygen atoms in total. The molecular formula is C19H14N4O3. The molecule has 2 heterocycles. The van der Waals surface area contributed by atoms with Gasteiger partial charge >= 0.3 is 0 Å². The molecule has 0 bridgehead atoms. The maximum absolute atomic E-state index is 12.8. The first kappa shape index (κ1) is 16.9. The highest BCUT2D eigenvalue weighted by atomic mass is 16.5. The lowest BCUT2D eigenvalue weighted by Crippen LogP contribution is -2.20. The lowest BCUT2D eigenvalue weighted by molar-refractivity contribution is -0.114. The van der Waals surface area contributed by atoms with Crippen molar-refractivity contribution >= 4 is 17.6 Å². The van der Waals surface area contributed by atoms with E-state index >= 15 is 0 Å². The molecule has 26 heavy (non-hydrogen) atoms. The molecule has 0 radical (unpaired) electrons. The molecule has 0 aliphatic rings. The van der Waals surface area contributed by atoms with Crippen LogP contribution >= 0.6 is 0 Å². The number of carbonyl (C=O) groups excluding carboxylic acids is 1. The number of aromatic nitrogens is 2. The number of ether oxygens (including phenoxy) is 1. The van der Waals surface area contributed by atoms with Gasteiger partial charge in [0.25, 0.3) is 11.5 Å². The molecular weight excluding hydrogens is 332 g/mol. The van der Waals surface area contributed by atoms with Crippen LogP contribution in [0, 0.1) is 18.3 Å². The van der Waals surface area contributed by atoms with Crippen molar-refractivity contribution in [3.8, 4) is 17.7 Å². The minimum Gasteiger partial charge on any atom is -0.438 e. The summed E-state index contributed by atoms with van der Waals surface area (Å²) in [7, 11) is 0. The summed E-state index contributed by atoms with van der Waals surface area (Å²) >= 11 is 0. The molecule has 3 rings (SSSR count). The van der Waals surface area contributed by atoms with E-state index in [-0.39, 0.29) is 17.0 Å².